The first-order valence-electron chi connectivity index (χ1n) is 6.85. The molecule has 0 saturated carbocycles. The van der Waals surface area contributed by atoms with Gasteiger partial charge in [-0.15, -0.1) is 0 Å². The molecule has 0 unspecified atom stereocenters. The Bertz CT molecular complexity index is 721. The van der Waals surface area contributed by atoms with Gasteiger partial charge in [-0.1, -0.05) is 0 Å². The summed E-state index contributed by atoms with van der Waals surface area (Å²) >= 11 is 0. The fraction of sp³-hybridized carbons (Fsp3) is 0.500. The van der Waals surface area contributed by atoms with E-state index in [1.807, 2.05) is 0 Å². The van der Waals surface area contributed by atoms with E-state index >= 15 is 0 Å². The fourth-order valence-electron chi connectivity index (χ4n) is 2.41. The van der Waals surface area contributed by atoms with Crippen molar-refractivity contribution in [1.82, 2.24) is 24.8 Å². The summed E-state index contributed by atoms with van der Waals surface area (Å²) in [6, 6.07) is -0.465. The van der Waals surface area contributed by atoms with Gasteiger partial charge in [0.25, 0.3) is 0 Å². The zero-order valence-corrected chi connectivity index (χ0v) is 12.1. The van der Waals surface area contributed by atoms with E-state index in [9.17, 15) is 15.0 Å². The maximum atomic E-state index is 11.4. The summed E-state index contributed by atoms with van der Waals surface area (Å²) in [6.45, 7) is -0.431. The number of aromatic nitrogens is 4. The summed E-state index contributed by atoms with van der Waals surface area (Å²) in [6.07, 6.45) is -1.77. The molecule has 124 valence electrons. The van der Waals surface area contributed by atoms with Crippen LogP contribution in [0.2, 0.25) is 0 Å². The maximum absolute atomic E-state index is 11.4. The molecule has 23 heavy (non-hydrogen) atoms. The predicted octanol–water partition coefficient (Wildman–Crippen LogP) is -1.81. The van der Waals surface area contributed by atoms with Crippen LogP contribution in [0, 0.1) is 0 Å². The van der Waals surface area contributed by atoms with E-state index in [0.717, 1.165) is 0 Å². The second-order valence-electron chi connectivity index (χ2n) is 4.98. The highest BCUT2D eigenvalue weighted by Gasteiger charge is 2.44. The van der Waals surface area contributed by atoms with Crippen LogP contribution in [0.5, 0.6) is 0 Å². The van der Waals surface area contributed by atoms with Crippen molar-refractivity contribution < 1.29 is 24.9 Å². The second-order valence-corrected chi connectivity index (χ2v) is 4.98. The van der Waals surface area contributed by atoms with Gasteiger partial charge in [-0.2, -0.15) is 0 Å². The number of hydrogen-bond acceptors (Lipinski definition) is 8. The lowest BCUT2D eigenvalue weighted by atomic mass is 10.1. The quantitative estimate of drug-likeness (QED) is 0.442. The van der Waals surface area contributed by atoms with Crippen molar-refractivity contribution in [2.75, 3.05) is 19.0 Å². The minimum absolute atomic E-state index is 0.194. The third-order valence-electron chi connectivity index (χ3n) is 3.61. The van der Waals surface area contributed by atoms with E-state index in [4.69, 9.17) is 9.84 Å². The number of hydrogen-bond donors (Lipinski definition) is 5. The maximum Gasteiger partial charge on any atom is 0.320 e. The number of fused-ring (bicyclic) bond motifs is 1. The number of amides is 2. The van der Waals surface area contributed by atoms with E-state index < -0.39 is 37.2 Å². The van der Waals surface area contributed by atoms with Crippen LogP contribution in [0.25, 0.3) is 11.2 Å². The van der Waals surface area contributed by atoms with Gasteiger partial charge in [-0.25, -0.2) is 19.7 Å². The van der Waals surface area contributed by atoms with Gasteiger partial charge in [0.2, 0.25) is 0 Å². The van der Waals surface area contributed by atoms with Crippen LogP contribution in [0.15, 0.2) is 12.7 Å². The molecule has 2 amide bonds. The van der Waals surface area contributed by atoms with Gasteiger partial charge in [0.15, 0.2) is 23.2 Å². The highest BCUT2D eigenvalue weighted by Crippen LogP contribution is 2.31. The molecule has 3 rings (SSSR count). The lowest BCUT2D eigenvalue weighted by molar-refractivity contribution is -0.0511. The van der Waals surface area contributed by atoms with Crippen molar-refractivity contribution in [2.24, 2.45) is 0 Å². The molecule has 5 N–H and O–H groups in total. The number of nitrogens with zero attached hydrogens (tertiary/aromatic N) is 4. The Morgan fingerprint density at radius 1 is 1.35 bits per heavy atom. The first-order valence-corrected chi connectivity index (χ1v) is 6.85. The Hall–Kier alpha value is -2.34. The molecule has 1 fully saturated rings. The molecule has 0 spiro atoms. The van der Waals surface area contributed by atoms with E-state index in [1.54, 1.807) is 0 Å². The molecule has 1 aliphatic heterocycles. The van der Waals surface area contributed by atoms with E-state index in [2.05, 4.69) is 25.6 Å². The van der Waals surface area contributed by atoms with E-state index in [1.165, 1.54) is 24.3 Å². The number of carbonyl (C=O) groups is 1. The number of aliphatic hydroxyl groups is 3. The molecule has 0 bridgehead atoms. The Kier molecular flexibility index (Phi) is 4.09. The van der Waals surface area contributed by atoms with Crippen LogP contribution in [-0.4, -0.2) is 72.8 Å². The van der Waals surface area contributed by atoms with Crippen molar-refractivity contribution in [2.45, 2.75) is 24.5 Å². The van der Waals surface area contributed by atoms with Gasteiger partial charge in [0.1, 0.15) is 24.6 Å². The van der Waals surface area contributed by atoms with Crippen LogP contribution in [0.3, 0.4) is 0 Å². The largest absolute Gasteiger partial charge is 0.394 e. The number of ether oxygens (including phenoxy) is 1. The van der Waals surface area contributed by atoms with Crippen molar-refractivity contribution in [1.29, 1.82) is 0 Å². The van der Waals surface area contributed by atoms with Crippen molar-refractivity contribution in [3.63, 3.8) is 0 Å². The summed E-state index contributed by atoms with van der Waals surface area (Å²) < 4.78 is 6.85. The second kappa shape index (κ2) is 6.04. The average molecular weight is 324 g/mol. The summed E-state index contributed by atoms with van der Waals surface area (Å²) in [5.74, 6) is 0.194. The summed E-state index contributed by atoms with van der Waals surface area (Å²) in [5.41, 5.74) is 0.607. The van der Waals surface area contributed by atoms with Crippen molar-refractivity contribution >= 4 is 23.0 Å². The number of anilines is 1. The number of nitrogens with one attached hydrogen (secondary N) is 2. The standard InChI is InChI=1S/C12H16N6O5/c1-13-12(22)17-9-6-10(15-3-14-9)18(4-16-6)11-8(21)7(20)5(2-19)23-11/h3-5,7-8,11,19-21H,2H2,1H3,(H2,13,14,15,17,22)/t5-,7-,8-,11-/m1/s1. The molecule has 2 aromatic heterocycles. The minimum atomic E-state index is -1.25. The molecule has 0 aromatic carbocycles. The lowest BCUT2D eigenvalue weighted by Gasteiger charge is -2.16. The fourth-order valence-corrected chi connectivity index (χ4v) is 2.41. The highest BCUT2D eigenvalue weighted by molar-refractivity contribution is 5.95. The van der Waals surface area contributed by atoms with E-state index in [0.29, 0.717) is 11.2 Å². The molecular formula is C12H16N6O5. The predicted molar refractivity (Wildman–Crippen MR) is 76.4 cm³/mol. The van der Waals surface area contributed by atoms with Gasteiger partial charge in [0.05, 0.1) is 12.9 Å². The molecule has 1 saturated heterocycles. The molecular weight excluding hydrogens is 308 g/mol. The van der Waals surface area contributed by atoms with Crippen molar-refractivity contribution in [3.8, 4) is 0 Å². The van der Waals surface area contributed by atoms with Gasteiger partial charge in [0, 0.05) is 7.05 Å². The molecule has 11 nitrogen and oxygen atoms in total. The van der Waals surface area contributed by atoms with Crippen LogP contribution in [0.4, 0.5) is 10.6 Å². The van der Waals surface area contributed by atoms with Crippen LogP contribution in [0.1, 0.15) is 6.23 Å². The molecule has 11 heteroatoms. The molecule has 3 heterocycles. The van der Waals surface area contributed by atoms with E-state index in [-0.39, 0.29) is 5.82 Å². The number of imidazole rings is 1. The summed E-state index contributed by atoms with van der Waals surface area (Å²) in [5, 5.41) is 34.0. The third-order valence-corrected chi connectivity index (χ3v) is 3.61. The van der Waals surface area contributed by atoms with Gasteiger partial charge in [-0.05, 0) is 0 Å². The first-order chi connectivity index (χ1) is 11.1. The summed E-state index contributed by atoms with van der Waals surface area (Å²) in [4.78, 5) is 23.6. The Morgan fingerprint density at radius 2 is 2.13 bits per heavy atom. The topological polar surface area (TPSA) is 155 Å². The van der Waals surface area contributed by atoms with Crippen LogP contribution >= 0.6 is 0 Å². The third kappa shape index (κ3) is 2.59. The average Bonchev–Trinajstić information content (AvgIpc) is 3.10. The Morgan fingerprint density at radius 3 is 2.78 bits per heavy atom. The number of aliphatic hydroxyl groups excluding tert-OH is 3. The number of carbonyl (C=O) groups excluding carboxylic acids is 1. The molecule has 2 aromatic rings. The zero-order chi connectivity index (χ0) is 16.6. The van der Waals surface area contributed by atoms with Gasteiger partial charge >= 0.3 is 6.03 Å². The lowest BCUT2D eigenvalue weighted by Crippen LogP contribution is -2.33. The van der Waals surface area contributed by atoms with Crippen molar-refractivity contribution in [3.05, 3.63) is 12.7 Å². The van der Waals surface area contributed by atoms with Gasteiger partial charge < -0.3 is 25.4 Å². The Balaban J connectivity index is 1.97. The zero-order valence-electron chi connectivity index (χ0n) is 12.1. The molecule has 0 radical (unpaired) electrons. The SMILES string of the molecule is CNC(=O)Nc1ncnc2c1ncn2[C@@H]1O[C@H](CO)[C@@H](O)[C@H]1O. The minimum Gasteiger partial charge on any atom is -0.394 e. The monoisotopic (exact) mass is 324 g/mol. The molecule has 0 aliphatic carbocycles. The smallest absolute Gasteiger partial charge is 0.320 e. The van der Waals surface area contributed by atoms with Gasteiger partial charge in [-0.3, -0.25) is 9.88 Å². The molecule has 4 atom stereocenters. The number of urea groups is 1. The number of rotatable bonds is 3. The highest BCUT2D eigenvalue weighted by atomic mass is 16.6. The molecule has 1 aliphatic rings. The Labute approximate surface area is 129 Å². The van der Waals surface area contributed by atoms with Crippen LogP contribution in [-0.2, 0) is 4.74 Å². The first kappa shape index (κ1) is 15.6. The summed E-state index contributed by atoms with van der Waals surface area (Å²) in [7, 11) is 1.46. The normalized spacial score (nSPS) is 27.3. The van der Waals surface area contributed by atoms with Crippen LogP contribution < -0.4 is 10.6 Å².